The van der Waals surface area contributed by atoms with E-state index in [0.29, 0.717) is 5.02 Å². The Morgan fingerprint density at radius 1 is 1.27 bits per heavy atom. The number of rotatable bonds is 2. The molecule has 1 unspecified atom stereocenters. The molecule has 2 nitrogen and oxygen atoms in total. The second-order valence-corrected chi connectivity index (χ2v) is 4.48. The number of hydrogen-bond acceptors (Lipinski definition) is 1. The Morgan fingerprint density at radius 2 is 2.07 bits per heavy atom. The van der Waals surface area contributed by atoms with Gasteiger partial charge in [0.15, 0.2) is 0 Å². The molecule has 0 fully saturated rings. The van der Waals surface area contributed by atoms with Crippen molar-refractivity contribution in [1.29, 1.82) is 0 Å². The molecule has 0 radical (unpaired) electrons. The topological polar surface area (TPSA) is 36.0 Å². The van der Waals surface area contributed by atoms with E-state index in [0.717, 1.165) is 15.6 Å². The number of nitrogens with one attached hydrogen (secondary N) is 1. The fourth-order valence-corrected chi connectivity index (χ4v) is 1.82. The first kappa shape index (κ1) is 10.7. The molecular formula is C11H9BrClNO. The van der Waals surface area contributed by atoms with Gasteiger partial charge in [-0.05, 0) is 39.7 Å². The Labute approximate surface area is 101 Å². The molecule has 0 saturated heterocycles. The molecule has 0 bridgehead atoms. The summed E-state index contributed by atoms with van der Waals surface area (Å²) in [6, 6.07) is 7.26. The van der Waals surface area contributed by atoms with Crippen LogP contribution in [-0.2, 0) is 0 Å². The van der Waals surface area contributed by atoms with E-state index in [1.165, 1.54) is 0 Å². The maximum atomic E-state index is 10.0. The van der Waals surface area contributed by atoms with Crippen molar-refractivity contribution in [2.45, 2.75) is 6.10 Å². The summed E-state index contributed by atoms with van der Waals surface area (Å²) in [6.07, 6.45) is 2.90. The smallest absolute Gasteiger partial charge is 0.106 e. The Hall–Kier alpha value is -0.770. The lowest BCUT2D eigenvalue weighted by Gasteiger charge is -2.09. The lowest BCUT2D eigenvalue weighted by Crippen LogP contribution is -1.97. The Balaban J connectivity index is 2.34. The first-order valence-corrected chi connectivity index (χ1v) is 5.61. The molecule has 0 aliphatic heterocycles. The fourth-order valence-electron chi connectivity index (χ4n) is 1.38. The van der Waals surface area contributed by atoms with Gasteiger partial charge in [-0.15, -0.1) is 0 Å². The predicted octanol–water partition coefficient (Wildman–Crippen LogP) is 3.51. The zero-order chi connectivity index (χ0) is 10.8. The van der Waals surface area contributed by atoms with Crippen LogP contribution in [0.1, 0.15) is 17.2 Å². The van der Waals surface area contributed by atoms with Crippen LogP contribution in [0.15, 0.2) is 41.1 Å². The summed E-state index contributed by atoms with van der Waals surface area (Å²) < 4.78 is 0.828. The minimum absolute atomic E-state index is 0.599. The Bertz CT molecular complexity index is 456. The molecule has 0 saturated carbocycles. The number of benzene rings is 1. The largest absolute Gasteiger partial charge is 0.384 e. The zero-order valence-electron chi connectivity index (χ0n) is 7.74. The summed E-state index contributed by atoms with van der Waals surface area (Å²) >= 11 is 9.26. The normalized spacial score (nSPS) is 12.7. The number of aromatic amines is 1. The number of aliphatic hydroxyl groups excluding tert-OH is 1. The number of aliphatic hydroxyl groups is 1. The molecule has 1 heterocycles. The summed E-state index contributed by atoms with van der Waals surface area (Å²) in [4.78, 5) is 2.90. The van der Waals surface area contributed by atoms with E-state index in [9.17, 15) is 5.11 Å². The molecule has 15 heavy (non-hydrogen) atoms. The maximum Gasteiger partial charge on any atom is 0.106 e. The number of halogens is 2. The molecule has 4 heteroatoms. The van der Waals surface area contributed by atoms with Gasteiger partial charge in [-0.1, -0.05) is 17.7 Å². The number of aromatic nitrogens is 1. The van der Waals surface area contributed by atoms with Gasteiger partial charge in [0, 0.05) is 22.4 Å². The summed E-state index contributed by atoms with van der Waals surface area (Å²) in [5, 5.41) is 10.6. The lowest BCUT2D eigenvalue weighted by atomic mass is 10.0. The quantitative estimate of drug-likeness (QED) is 0.871. The number of H-pyrrole nitrogens is 1. The van der Waals surface area contributed by atoms with E-state index in [-0.39, 0.29) is 0 Å². The van der Waals surface area contributed by atoms with E-state index in [2.05, 4.69) is 20.9 Å². The first-order chi connectivity index (χ1) is 7.18. The molecule has 2 aromatic rings. The van der Waals surface area contributed by atoms with Crippen LogP contribution in [-0.4, -0.2) is 10.1 Å². The Kier molecular flexibility index (Phi) is 3.14. The van der Waals surface area contributed by atoms with Gasteiger partial charge in [-0.2, -0.15) is 0 Å². The summed E-state index contributed by atoms with van der Waals surface area (Å²) in [6.45, 7) is 0. The van der Waals surface area contributed by atoms with Crippen LogP contribution in [0.3, 0.4) is 0 Å². The van der Waals surface area contributed by atoms with Gasteiger partial charge in [-0.25, -0.2) is 0 Å². The van der Waals surface area contributed by atoms with Gasteiger partial charge in [-0.3, -0.25) is 0 Å². The van der Waals surface area contributed by atoms with Crippen LogP contribution in [0.5, 0.6) is 0 Å². The average Bonchev–Trinajstić information content (AvgIpc) is 2.74. The molecular weight excluding hydrogens is 277 g/mol. The average molecular weight is 287 g/mol. The van der Waals surface area contributed by atoms with Crippen molar-refractivity contribution in [3.63, 3.8) is 0 Å². The van der Waals surface area contributed by atoms with Crippen LogP contribution in [0, 0.1) is 0 Å². The van der Waals surface area contributed by atoms with Gasteiger partial charge in [0.2, 0.25) is 0 Å². The second kappa shape index (κ2) is 4.39. The van der Waals surface area contributed by atoms with Crippen molar-refractivity contribution < 1.29 is 5.11 Å². The maximum absolute atomic E-state index is 10.0. The Morgan fingerprint density at radius 3 is 2.67 bits per heavy atom. The third-order valence-electron chi connectivity index (χ3n) is 2.20. The van der Waals surface area contributed by atoms with Crippen molar-refractivity contribution in [3.8, 4) is 0 Å². The molecule has 1 aromatic carbocycles. The highest BCUT2D eigenvalue weighted by Gasteiger charge is 2.11. The molecule has 1 aromatic heterocycles. The van der Waals surface area contributed by atoms with Crippen molar-refractivity contribution >= 4 is 27.5 Å². The summed E-state index contributed by atoms with van der Waals surface area (Å²) in [5.74, 6) is 0. The van der Waals surface area contributed by atoms with Crippen LogP contribution >= 0.6 is 27.5 Å². The molecule has 2 N–H and O–H groups in total. The SMILES string of the molecule is OC(c1cc[nH]c1)c1ccc(Br)c(Cl)c1. The van der Waals surface area contributed by atoms with E-state index >= 15 is 0 Å². The standard InChI is InChI=1S/C11H9BrClNO/c12-9-2-1-7(5-10(9)13)11(15)8-3-4-14-6-8/h1-6,11,14-15H. The summed E-state index contributed by atoms with van der Waals surface area (Å²) in [7, 11) is 0. The van der Waals surface area contributed by atoms with Gasteiger partial charge < -0.3 is 10.1 Å². The van der Waals surface area contributed by atoms with E-state index in [1.54, 1.807) is 18.5 Å². The van der Waals surface area contributed by atoms with Crippen molar-refractivity contribution in [2.24, 2.45) is 0 Å². The third-order valence-corrected chi connectivity index (χ3v) is 3.43. The highest BCUT2D eigenvalue weighted by Crippen LogP contribution is 2.28. The highest BCUT2D eigenvalue weighted by molar-refractivity contribution is 9.10. The molecule has 0 aliphatic rings. The van der Waals surface area contributed by atoms with Crippen LogP contribution < -0.4 is 0 Å². The second-order valence-electron chi connectivity index (χ2n) is 3.22. The van der Waals surface area contributed by atoms with Crippen LogP contribution in [0.4, 0.5) is 0 Å². The number of hydrogen-bond donors (Lipinski definition) is 2. The van der Waals surface area contributed by atoms with E-state index in [1.807, 2.05) is 18.2 Å². The zero-order valence-corrected chi connectivity index (χ0v) is 10.1. The van der Waals surface area contributed by atoms with Crippen LogP contribution in [0.25, 0.3) is 0 Å². The molecule has 78 valence electrons. The molecule has 0 amide bonds. The molecule has 1 atom stereocenters. The minimum atomic E-state index is -0.637. The van der Waals surface area contributed by atoms with Crippen molar-refractivity contribution in [1.82, 2.24) is 4.98 Å². The van der Waals surface area contributed by atoms with Gasteiger partial charge in [0.1, 0.15) is 6.10 Å². The fraction of sp³-hybridized carbons (Fsp3) is 0.0909. The van der Waals surface area contributed by atoms with Crippen molar-refractivity contribution in [2.75, 3.05) is 0 Å². The summed E-state index contributed by atoms with van der Waals surface area (Å²) in [5.41, 5.74) is 1.61. The molecule has 0 spiro atoms. The van der Waals surface area contributed by atoms with Crippen molar-refractivity contribution in [3.05, 3.63) is 57.3 Å². The molecule has 2 rings (SSSR count). The van der Waals surface area contributed by atoms with E-state index in [4.69, 9.17) is 11.6 Å². The molecule has 0 aliphatic carbocycles. The predicted molar refractivity (Wildman–Crippen MR) is 64.0 cm³/mol. The van der Waals surface area contributed by atoms with Gasteiger partial charge in [0.25, 0.3) is 0 Å². The minimum Gasteiger partial charge on any atom is -0.384 e. The van der Waals surface area contributed by atoms with Gasteiger partial charge >= 0.3 is 0 Å². The third kappa shape index (κ3) is 2.25. The first-order valence-electron chi connectivity index (χ1n) is 4.44. The van der Waals surface area contributed by atoms with Gasteiger partial charge in [0.05, 0.1) is 5.02 Å². The van der Waals surface area contributed by atoms with Crippen LogP contribution in [0.2, 0.25) is 5.02 Å². The monoisotopic (exact) mass is 285 g/mol. The highest BCUT2D eigenvalue weighted by atomic mass is 79.9. The lowest BCUT2D eigenvalue weighted by molar-refractivity contribution is 0.220. The van der Waals surface area contributed by atoms with E-state index < -0.39 is 6.10 Å².